The lowest BCUT2D eigenvalue weighted by Gasteiger charge is -2.35. The lowest BCUT2D eigenvalue weighted by atomic mass is 9.96. The van der Waals surface area contributed by atoms with Crippen LogP contribution in [0, 0.1) is 24.0 Å². The fourth-order valence-corrected chi connectivity index (χ4v) is 7.09. The number of aromatic nitrogens is 5. The number of pyridine rings is 1. The smallest absolute Gasteiger partial charge is 0.318 e. The van der Waals surface area contributed by atoms with Crippen LogP contribution in [-0.2, 0) is 4.79 Å². The van der Waals surface area contributed by atoms with Gasteiger partial charge in [0.05, 0.1) is 18.1 Å². The average molecular weight is 711 g/mol. The van der Waals surface area contributed by atoms with Gasteiger partial charge in [-0.1, -0.05) is 30.2 Å². The quantitative estimate of drug-likeness (QED) is 0.128. The molecule has 14 heteroatoms. The Morgan fingerprint density at radius 3 is 2.54 bits per heavy atom. The van der Waals surface area contributed by atoms with Crippen molar-refractivity contribution in [3.8, 4) is 29.6 Å². The van der Waals surface area contributed by atoms with E-state index < -0.39 is 29.5 Å². The van der Waals surface area contributed by atoms with Crippen LogP contribution < -0.4 is 9.64 Å². The number of piperazine rings is 1. The number of hydrogen-bond acceptors (Lipinski definition) is 9. The Bertz CT molecular complexity index is 2190. The first kappa shape index (κ1) is 34.8. The number of fused-ring (bicyclic) bond motifs is 3. The third-order valence-corrected chi connectivity index (χ3v) is 9.59. The van der Waals surface area contributed by atoms with Crippen LogP contribution in [0.5, 0.6) is 6.01 Å². The Hall–Kier alpha value is -5.68. The van der Waals surface area contributed by atoms with Crippen molar-refractivity contribution in [2.75, 3.05) is 51.3 Å². The summed E-state index contributed by atoms with van der Waals surface area (Å²) in [6.45, 7) is 2.75. The number of halogens is 4. The van der Waals surface area contributed by atoms with Crippen LogP contribution in [-0.4, -0.2) is 99.2 Å². The van der Waals surface area contributed by atoms with Gasteiger partial charge in [0.2, 0.25) is 0 Å². The fourth-order valence-electron chi connectivity index (χ4n) is 7.09. The minimum Gasteiger partial charge on any atom is -0.467 e. The lowest BCUT2D eigenvalue weighted by Crippen LogP contribution is -2.49. The van der Waals surface area contributed by atoms with E-state index in [4.69, 9.17) is 11.2 Å². The first-order valence-electron chi connectivity index (χ1n) is 16.9. The van der Waals surface area contributed by atoms with E-state index in [1.54, 1.807) is 30.3 Å². The molecular formula is C38H34F4N8O2. The number of nitrogens with zero attached hydrogens (tertiary/aromatic N) is 8. The van der Waals surface area contributed by atoms with Crippen molar-refractivity contribution in [2.24, 2.45) is 0 Å². The van der Waals surface area contributed by atoms with Crippen LogP contribution >= 0.6 is 0 Å². The van der Waals surface area contributed by atoms with Crippen LogP contribution in [0.25, 0.3) is 39.0 Å². The molecule has 0 bridgehead atoms. The number of terminal acetylenes is 1. The van der Waals surface area contributed by atoms with Crippen LogP contribution in [0.4, 0.5) is 23.4 Å². The van der Waals surface area contributed by atoms with E-state index in [9.17, 15) is 18.0 Å². The number of amides is 1. The van der Waals surface area contributed by atoms with Gasteiger partial charge in [-0.3, -0.25) is 14.7 Å². The predicted molar refractivity (Wildman–Crippen MR) is 189 cm³/mol. The molecule has 10 nitrogen and oxygen atoms in total. The summed E-state index contributed by atoms with van der Waals surface area (Å²) in [5.41, 5.74) is 0.196. The Morgan fingerprint density at radius 2 is 1.81 bits per heavy atom. The maximum Gasteiger partial charge on any atom is 0.318 e. The maximum absolute atomic E-state index is 16.2. The largest absolute Gasteiger partial charge is 0.467 e. The van der Waals surface area contributed by atoms with Crippen molar-refractivity contribution in [3.05, 3.63) is 83.8 Å². The van der Waals surface area contributed by atoms with E-state index >= 15 is 4.39 Å². The molecule has 3 saturated heterocycles. The van der Waals surface area contributed by atoms with Gasteiger partial charge >= 0.3 is 6.01 Å². The van der Waals surface area contributed by atoms with E-state index in [1.165, 1.54) is 49.5 Å². The van der Waals surface area contributed by atoms with Crippen molar-refractivity contribution in [2.45, 2.75) is 31.5 Å². The van der Waals surface area contributed by atoms with Crippen LogP contribution in [0.2, 0.25) is 0 Å². The molecule has 3 aliphatic rings. The number of rotatable bonds is 5. The molecule has 2 aromatic carbocycles. The van der Waals surface area contributed by atoms with Gasteiger partial charge in [0.15, 0.2) is 17.5 Å². The molecule has 0 radical (unpaired) electrons. The van der Waals surface area contributed by atoms with Crippen LogP contribution in [0.3, 0.4) is 0 Å². The van der Waals surface area contributed by atoms with E-state index in [0.29, 0.717) is 40.1 Å². The van der Waals surface area contributed by atoms with Gasteiger partial charge in [0.25, 0.3) is 5.91 Å². The molecule has 0 saturated carbocycles. The van der Waals surface area contributed by atoms with E-state index in [2.05, 4.69) is 35.7 Å². The Morgan fingerprint density at radius 1 is 1.02 bits per heavy atom. The minimum absolute atomic E-state index is 0.00495. The second-order valence-electron chi connectivity index (χ2n) is 12.7. The number of anilines is 1. The number of benzene rings is 2. The predicted octanol–water partition coefficient (Wildman–Crippen LogP) is 5.75. The molecule has 3 aliphatic heterocycles. The summed E-state index contributed by atoms with van der Waals surface area (Å²) in [6, 6.07) is 10.0. The Balaban J connectivity index is 0.000000404. The number of carbonyl (C=O) groups excluding carboxylic acids is 1. The van der Waals surface area contributed by atoms with Crippen LogP contribution in [0.1, 0.15) is 30.7 Å². The second-order valence-corrected chi connectivity index (χ2v) is 12.7. The van der Waals surface area contributed by atoms with Gasteiger partial charge in [-0.25, -0.2) is 27.5 Å². The van der Waals surface area contributed by atoms with Crippen molar-refractivity contribution < 1.29 is 27.1 Å². The molecule has 8 rings (SSSR count). The summed E-state index contributed by atoms with van der Waals surface area (Å²) in [6.07, 6.45) is 13.8. The van der Waals surface area contributed by atoms with Gasteiger partial charge in [-0.15, -0.1) is 6.42 Å². The molecule has 2 atom stereocenters. The number of methoxy groups -OCH3 is 1. The molecule has 5 aromatic rings. The van der Waals surface area contributed by atoms with Crippen molar-refractivity contribution >= 4 is 39.5 Å². The van der Waals surface area contributed by atoms with Gasteiger partial charge < -0.3 is 14.5 Å². The molecule has 0 spiro atoms. The van der Waals surface area contributed by atoms with Gasteiger partial charge in [0.1, 0.15) is 29.0 Å². The van der Waals surface area contributed by atoms with E-state index in [-0.39, 0.29) is 54.8 Å². The standard InChI is InChI=1S/C31H22F3N7O2.C7H12FN/c1-3-19-22(32)9-8-18-6-4-7-20(25(18)19)27-26(34)28-21(17-37-27)29(39-31(38-28)43-2)40-12-14-41(15-13-40)30(42)23(33)16-24-35-10-5-11-36-24;8-6-4-7-2-1-3-9(7)5-6/h1,4-11,16-17H,12-15H2,2H3;6-7H,1-5H2/b23-16-;. The summed E-state index contributed by atoms with van der Waals surface area (Å²) >= 11 is 0. The first-order valence-corrected chi connectivity index (χ1v) is 16.9. The molecular weight excluding hydrogens is 676 g/mol. The summed E-state index contributed by atoms with van der Waals surface area (Å²) in [4.78, 5) is 39.1. The maximum atomic E-state index is 16.2. The summed E-state index contributed by atoms with van der Waals surface area (Å²) in [5.74, 6) is -0.328. The summed E-state index contributed by atoms with van der Waals surface area (Å²) < 4.78 is 63.4. The Labute approximate surface area is 297 Å². The highest BCUT2D eigenvalue weighted by Crippen LogP contribution is 2.37. The zero-order chi connectivity index (χ0) is 36.4. The average Bonchev–Trinajstić information content (AvgIpc) is 3.76. The lowest BCUT2D eigenvalue weighted by molar-refractivity contribution is -0.128. The molecule has 3 aromatic heterocycles. The van der Waals surface area contributed by atoms with Gasteiger partial charge in [-0.05, 0) is 43.3 Å². The zero-order valence-electron chi connectivity index (χ0n) is 28.3. The third-order valence-electron chi connectivity index (χ3n) is 9.59. The van der Waals surface area contributed by atoms with Crippen molar-refractivity contribution in [1.29, 1.82) is 0 Å². The molecule has 2 unspecified atom stereocenters. The first-order chi connectivity index (χ1) is 25.2. The summed E-state index contributed by atoms with van der Waals surface area (Å²) in [5, 5.41) is 1.29. The number of alkyl halides is 1. The number of carbonyl (C=O) groups is 1. The van der Waals surface area contributed by atoms with Gasteiger partial charge in [-0.2, -0.15) is 9.97 Å². The highest BCUT2D eigenvalue weighted by atomic mass is 19.1. The SMILES string of the molecule is C#Cc1c(F)ccc2cccc(-c3ncc4c(N5CCN(C(=O)/C(F)=C/c6ncccn6)CC5)nc(OC)nc4c3F)c12.FC1CC2CCCN2C1. The molecule has 1 amide bonds. The molecule has 0 N–H and O–H groups in total. The highest BCUT2D eigenvalue weighted by molar-refractivity contribution is 6.02. The molecule has 0 aliphatic carbocycles. The minimum atomic E-state index is -0.978. The monoisotopic (exact) mass is 710 g/mol. The van der Waals surface area contributed by atoms with E-state index in [1.807, 2.05) is 4.90 Å². The third kappa shape index (κ3) is 6.83. The summed E-state index contributed by atoms with van der Waals surface area (Å²) in [7, 11) is 1.36. The molecule has 52 heavy (non-hydrogen) atoms. The van der Waals surface area contributed by atoms with Crippen molar-refractivity contribution in [3.63, 3.8) is 0 Å². The molecule has 266 valence electrons. The highest BCUT2D eigenvalue weighted by Gasteiger charge is 2.35. The van der Waals surface area contributed by atoms with E-state index in [0.717, 1.165) is 19.0 Å². The fraction of sp³-hybridized carbons (Fsp3) is 0.316. The molecule has 3 fully saturated rings. The zero-order valence-corrected chi connectivity index (χ0v) is 28.3. The van der Waals surface area contributed by atoms with Gasteiger partial charge in [0, 0.05) is 74.4 Å². The second kappa shape index (κ2) is 14.9. The molecule has 6 heterocycles. The van der Waals surface area contributed by atoms with Crippen LogP contribution in [0.15, 0.2) is 60.8 Å². The number of ether oxygens (including phenoxy) is 1. The Kier molecular flexibility index (Phi) is 9.95. The topological polar surface area (TPSA) is 100 Å². The van der Waals surface area contributed by atoms with Crippen molar-refractivity contribution in [1.82, 2.24) is 34.7 Å². The normalized spacial score (nSPS) is 19.0. The number of hydrogen-bond donors (Lipinski definition) is 0.